The summed E-state index contributed by atoms with van der Waals surface area (Å²) in [4.78, 5) is 14.3. The van der Waals surface area contributed by atoms with Crippen LogP contribution < -0.4 is 5.32 Å². The van der Waals surface area contributed by atoms with Gasteiger partial charge in [-0.2, -0.15) is 0 Å². The lowest BCUT2D eigenvalue weighted by molar-refractivity contribution is -0.143. The fraction of sp³-hybridized carbons (Fsp3) is 0.938. The van der Waals surface area contributed by atoms with Crippen molar-refractivity contribution in [2.75, 3.05) is 26.7 Å². The van der Waals surface area contributed by atoms with Gasteiger partial charge in [-0.25, -0.2) is 0 Å². The van der Waals surface area contributed by atoms with E-state index in [0.29, 0.717) is 11.5 Å². The van der Waals surface area contributed by atoms with Crippen molar-refractivity contribution in [2.24, 2.45) is 5.41 Å². The van der Waals surface area contributed by atoms with Gasteiger partial charge in [0, 0.05) is 12.6 Å². The van der Waals surface area contributed by atoms with Crippen molar-refractivity contribution in [1.82, 2.24) is 10.2 Å². The van der Waals surface area contributed by atoms with Crippen LogP contribution in [-0.2, 0) is 9.53 Å². The van der Waals surface area contributed by atoms with Crippen LogP contribution in [0.3, 0.4) is 0 Å². The van der Waals surface area contributed by atoms with Crippen LogP contribution in [-0.4, -0.2) is 49.7 Å². The highest BCUT2D eigenvalue weighted by Crippen LogP contribution is 2.29. The van der Waals surface area contributed by atoms with Crippen molar-refractivity contribution in [3.8, 4) is 0 Å². The molecule has 0 aromatic carbocycles. The molecule has 116 valence electrons. The Hall–Kier alpha value is -0.610. The SMILES string of the molecule is COC(=O)C(CCN1CCCC(C)(C)CC1)NC1CC1. The third kappa shape index (κ3) is 5.06. The maximum absolute atomic E-state index is 11.8. The van der Waals surface area contributed by atoms with Gasteiger partial charge in [-0.3, -0.25) is 4.79 Å². The predicted molar refractivity (Wildman–Crippen MR) is 80.7 cm³/mol. The number of esters is 1. The number of nitrogens with zero attached hydrogens (tertiary/aromatic N) is 1. The van der Waals surface area contributed by atoms with Gasteiger partial charge < -0.3 is 15.0 Å². The highest BCUT2D eigenvalue weighted by atomic mass is 16.5. The Morgan fingerprint density at radius 1 is 1.35 bits per heavy atom. The Bertz CT molecular complexity index is 326. The van der Waals surface area contributed by atoms with E-state index in [1.165, 1.54) is 45.8 Å². The van der Waals surface area contributed by atoms with Crippen LogP contribution in [0.1, 0.15) is 52.4 Å². The second kappa shape index (κ2) is 6.90. The van der Waals surface area contributed by atoms with Gasteiger partial charge in [-0.15, -0.1) is 0 Å². The van der Waals surface area contributed by atoms with Gasteiger partial charge in [0.15, 0.2) is 0 Å². The zero-order valence-corrected chi connectivity index (χ0v) is 13.3. The maximum atomic E-state index is 11.8. The molecular formula is C16H30N2O2. The molecule has 2 fully saturated rings. The van der Waals surface area contributed by atoms with Crippen molar-refractivity contribution in [2.45, 2.75) is 64.5 Å². The Morgan fingerprint density at radius 3 is 2.75 bits per heavy atom. The minimum Gasteiger partial charge on any atom is -0.468 e. The van der Waals surface area contributed by atoms with Crippen LogP contribution in [0, 0.1) is 5.41 Å². The van der Waals surface area contributed by atoms with E-state index >= 15 is 0 Å². The summed E-state index contributed by atoms with van der Waals surface area (Å²) in [6, 6.07) is 0.422. The van der Waals surface area contributed by atoms with E-state index < -0.39 is 0 Å². The van der Waals surface area contributed by atoms with E-state index in [-0.39, 0.29) is 12.0 Å². The fourth-order valence-electron chi connectivity index (χ4n) is 2.96. The standard InChI is InChI=1S/C16H30N2O2/c1-16(2)8-4-10-18(12-9-16)11-7-14(15(19)20-3)17-13-5-6-13/h13-14,17H,4-12H2,1-3H3. The Morgan fingerprint density at radius 2 is 2.10 bits per heavy atom. The summed E-state index contributed by atoms with van der Waals surface area (Å²) >= 11 is 0. The molecular weight excluding hydrogens is 252 g/mol. The number of carbonyl (C=O) groups is 1. The van der Waals surface area contributed by atoms with E-state index in [1.54, 1.807) is 0 Å². The molecule has 4 nitrogen and oxygen atoms in total. The normalized spacial score (nSPS) is 24.9. The fourth-order valence-corrected chi connectivity index (χ4v) is 2.96. The maximum Gasteiger partial charge on any atom is 0.322 e. The number of rotatable bonds is 6. The van der Waals surface area contributed by atoms with Crippen LogP contribution in [0.15, 0.2) is 0 Å². The van der Waals surface area contributed by atoms with Gasteiger partial charge in [0.1, 0.15) is 6.04 Å². The van der Waals surface area contributed by atoms with Crippen LogP contribution >= 0.6 is 0 Å². The summed E-state index contributed by atoms with van der Waals surface area (Å²) < 4.78 is 4.92. The molecule has 1 N–H and O–H groups in total. The Kier molecular flexibility index (Phi) is 5.44. The lowest BCUT2D eigenvalue weighted by atomic mass is 9.85. The molecule has 1 aliphatic carbocycles. The monoisotopic (exact) mass is 282 g/mol. The minimum atomic E-state index is -0.122. The summed E-state index contributed by atoms with van der Waals surface area (Å²) in [5.41, 5.74) is 0.475. The molecule has 2 aliphatic rings. The predicted octanol–water partition coefficient (Wildman–Crippen LogP) is 2.18. The molecule has 1 aliphatic heterocycles. The number of hydrogen-bond acceptors (Lipinski definition) is 4. The number of hydrogen-bond donors (Lipinski definition) is 1. The first-order valence-electron chi connectivity index (χ1n) is 8.06. The van der Waals surface area contributed by atoms with Crippen LogP contribution in [0.2, 0.25) is 0 Å². The summed E-state index contributed by atoms with van der Waals surface area (Å²) in [7, 11) is 1.48. The van der Waals surface area contributed by atoms with Crippen molar-refractivity contribution in [3.63, 3.8) is 0 Å². The average Bonchev–Trinajstić information content (AvgIpc) is 3.22. The molecule has 1 saturated heterocycles. The molecule has 0 aromatic heterocycles. The molecule has 0 spiro atoms. The summed E-state index contributed by atoms with van der Waals surface area (Å²) in [5, 5.41) is 3.41. The van der Waals surface area contributed by atoms with Gasteiger partial charge in [0.2, 0.25) is 0 Å². The summed E-state index contributed by atoms with van der Waals surface area (Å²) in [6.45, 7) is 8.05. The van der Waals surface area contributed by atoms with Crippen LogP contribution in [0.5, 0.6) is 0 Å². The van der Waals surface area contributed by atoms with Gasteiger partial charge >= 0.3 is 5.97 Å². The first-order valence-corrected chi connectivity index (χ1v) is 8.06. The van der Waals surface area contributed by atoms with Crippen molar-refractivity contribution in [3.05, 3.63) is 0 Å². The molecule has 1 heterocycles. The number of likely N-dealkylation sites (tertiary alicyclic amines) is 1. The highest BCUT2D eigenvalue weighted by Gasteiger charge is 2.29. The molecule has 0 amide bonds. The number of ether oxygens (including phenoxy) is 1. The number of methoxy groups -OCH3 is 1. The molecule has 20 heavy (non-hydrogen) atoms. The van der Waals surface area contributed by atoms with Crippen molar-refractivity contribution >= 4 is 5.97 Å². The van der Waals surface area contributed by atoms with E-state index in [2.05, 4.69) is 24.1 Å². The quantitative estimate of drug-likeness (QED) is 0.758. The Labute approximate surface area is 123 Å². The van der Waals surface area contributed by atoms with Crippen molar-refractivity contribution < 1.29 is 9.53 Å². The van der Waals surface area contributed by atoms with E-state index in [9.17, 15) is 4.79 Å². The molecule has 1 unspecified atom stereocenters. The molecule has 0 bridgehead atoms. The first-order chi connectivity index (χ1) is 9.50. The van der Waals surface area contributed by atoms with Crippen LogP contribution in [0.25, 0.3) is 0 Å². The van der Waals surface area contributed by atoms with Gasteiger partial charge in [0.05, 0.1) is 7.11 Å². The zero-order chi connectivity index (χ0) is 14.6. The lowest BCUT2D eigenvalue weighted by Crippen LogP contribution is -2.42. The topological polar surface area (TPSA) is 41.6 Å². The average molecular weight is 282 g/mol. The second-order valence-electron chi connectivity index (χ2n) is 7.16. The molecule has 0 radical (unpaired) electrons. The molecule has 0 aromatic rings. The summed E-state index contributed by atoms with van der Waals surface area (Å²) in [5.74, 6) is -0.105. The van der Waals surface area contributed by atoms with Gasteiger partial charge in [0.25, 0.3) is 0 Å². The first kappa shape index (κ1) is 15.8. The molecule has 1 saturated carbocycles. The zero-order valence-electron chi connectivity index (χ0n) is 13.3. The van der Waals surface area contributed by atoms with Gasteiger partial charge in [-0.1, -0.05) is 13.8 Å². The lowest BCUT2D eigenvalue weighted by Gasteiger charge is -2.25. The molecule has 2 rings (SSSR count). The second-order valence-corrected chi connectivity index (χ2v) is 7.16. The highest BCUT2D eigenvalue weighted by molar-refractivity contribution is 5.75. The van der Waals surface area contributed by atoms with Crippen LogP contribution in [0.4, 0.5) is 0 Å². The minimum absolute atomic E-state index is 0.105. The molecule has 4 heteroatoms. The van der Waals surface area contributed by atoms with E-state index in [1.807, 2.05) is 0 Å². The number of nitrogens with one attached hydrogen (secondary N) is 1. The van der Waals surface area contributed by atoms with E-state index in [4.69, 9.17) is 4.74 Å². The largest absolute Gasteiger partial charge is 0.468 e. The summed E-state index contributed by atoms with van der Waals surface area (Å²) in [6.07, 6.45) is 7.10. The van der Waals surface area contributed by atoms with Crippen molar-refractivity contribution in [1.29, 1.82) is 0 Å². The smallest absolute Gasteiger partial charge is 0.322 e. The third-order valence-corrected chi connectivity index (χ3v) is 4.67. The Balaban J connectivity index is 1.77. The number of carbonyl (C=O) groups excluding carboxylic acids is 1. The molecule has 1 atom stereocenters. The van der Waals surface area contributed by atoms with E-state index in [0.717, 1.165) is 19.5 Å². The van der Waals surface area contributed by atoms with Gasteiger partial charge in [-0.05, 0) is 57.0 Å². The third-order valence-electron chi connectivity index (χ3n) is 4.67.